The maximum Gasteiger partial charge on any atom is 0.259 e. The number of nitrogens with one attached hydrogen (secondary N) is 1. The lowest BCUT2D eigenvalue weighted by Gasteiger charge is -2.09. The summed E-state index contributed by atoms with van der Waals surface area (Å²) in [7, 11) is 0. The van der Waals surface area contributed by atoms with E-state index in [2.05, 4.69) is 74.8 Å². The fraction of sp³-hybridized carbons (Fsp3) is 0.250. The van der Waals surface area contributed by atoms with Crippen molar-refractivity contribution in [2.45, 2.75) is 39.7 Å². The molecule has 172 valence electrons. The summed E-state index contributed by atoms with van der Waals surface area (Å²) in [5, 5.41) is 9.02. The molecule has 5 rings (SSSR count). The third-order valence-electron chi connectivity index (χ3n) is 6.22. The minimum absolute atomic E-state index is 0.131. The first-order valence-electron chi connectivity index (χ1n) is 11.7. The highest BCUT2D eigenvalue weighted by molar-refractivity contribution is 6.06. The van der Waals surface area contributed by atoms with E-state index >= 15 is 0 Å². The normalized spacial score (nSPS) is 11.5. The molecule has 0 radical (unpaired) electrons. The number of hydrogen-bond acceptors (Lipinski definition) is 4. The van der Waals surface area contributed by atoms with Gasteiger partial charge in [0.25, 0.3) is 11.6 Å². The Balaban J connectivity index is 1.36. The van der Waals surface area contributed by atoms with E-state index in [1.165, 1.54) is 22.0 Å². The number of nitrogens with zero attached hydrogens (tertiary/aromatic N) is 3. The van der Waals surface area contributed by atoms with Crippen LogP contribution in [0.3, 0.4) is 0 Å². The number of aromatic nitrogens is 3. The van der Waals surface area contributed by atoms with Crippen molar-refractivity contribution in [2.24, 2.45) is 0 Å². The van der Waals surface area contributed by atoms with Gasteiger partial charge in [0, 0.05) is 35.9 Å². The van der Waals surface area contributed by atoms with E-state index < -0.39 is 0 Å². The molecule has 0 saturated heterocycles. The van der Waals surface area contributed by atoms with Gasteiger partial charge in [-0.2, -0.15) is 0 Å². The molecule has 0 spiro atoms. The second-order valence-electron chi connectivity index (χ2n) is 8.99. The van der Waals surface area contributed by atoms with Gasteiger partial charge in [-0.25, -0.2) is 4.98 Å². The van der Waals surface area contributed by atoms with Gasteiger partial charge < -0.3 is 14.4 Å². The van der Waals surface area contributed by atoms with Crippen molar-refractivity contribution >= 4 is 27.9 Å². The van der Waals surface area contributed by atoms with Gasteiger partial charge in [-0.1, -0.05) is 67.5 Å². The summed E-state index contributed by atoms with van der Waals surface area (Å²) >= 11 is 0. The first-order chi connectivity index (χ1) is 16.5. The van der Waals surface area contributed by atoms with Crippen LogP contribution in [0.1, 0.15) is 52.6 Å². The van der Waals surface area contributed by atoms with Crippen molar-refractivity contribution in [3.8, 4) is 0 Å². The van der Waals surface area contributed by atoms with E-state index in [1.54, 1.807) is 0 Å². The zero-order chi connectivity index (χ0) is 23.7. The molecule has 3 aromatic heterocycles. The Morgan fingerprint density at radius 3 is 2.65 bits per heavy atom. The molecule has 6 heteroatoms. The highest BCUT2D eigenvalue weighted by Gasteiger charge is 2.19. The molecule has 1 amide bonds. The minimum Gasteiger partial charge on any atom is -0.352 e. The van der Waals surface area contributed by atoms with Crippen molar-refractivity contribution in [3.63, 3.8) is 0 Å². The average molecular weight is 453 g/mol. The summed E-state index contributed by atoms with van der Waals surface area (Å²) in [6, 6.07) is 20.7. The largest absolute Gasteiger partial charge is 0.352 e. The van der Waals surface area contributed by atoms with E-state index in [9.17, 15) is 4.79 Å². The molecule has 0 unspecified atom stereocenters. The van der Waals surface area contributed by atoms with Gasteiger partial charge in [-0.05, 0) is 42.5 Å². The van der Waals surface area contributed by atoms with Crippen LogP contribution in [-0.4, -0.2) is 27.2 Å². The van der Waals surface area contributed by atoms with E-state index in [1.807, 2.05) is 32.9 Å². The van der Waals surface area contributed by atoms with Crippen LogP contribution in [0.15, 0.2) is 71.4 Å². The van der Waals surface area contributed by atoms with E-state index in [0.717, 1.165) is 18.7 Å². The van der Waals surface area contributed by atoms with Gasteiger partial charge in [0.05, 0.1) is 16.6 Å². The molecular weight excluding hydrogens is 424 g/mol. The van der Waals surface area contributed by atoms with E-state index in [4.69, 9.17) is 4.52 Å². The Hall–Kier alpha value is -3.93. The fourth-order valence-electron chi connectivity index (χ4n) is 4.43. The van der Waals surface area contributed by atoms with Crippen LogP contribution < -0.4 is 5.32 Å². The number of para-hydroxylation sites is 1. The Morgan fingerprint density at radius 1 is 1.09 bits per heavy atom. The summed E-state index contributed by atoms with van der Waals surface area (Å²) in [4.78, 5) is 17.7. The van der Waals surface area contributed by atoms with Crippen LogP contribution >= 0.6 is 0 Å². The summed E-state index contributed by atoms with van der Waals surface area (Å²) in [5.41, 5.74) is 6.15. The molecule has 2 aromatic carbocycles. The second kappa shape index (κ2) is 9.14. The zero-order valence-corrected chi connectivity index (χ0v) is 19.7. The van der Waals surface area contributed by atoms with Crippen LogP contribution in [0.25, 0.3) is 22.0 Å². The molecule has 0 atom stereocenters. The lowest BCUT2D eigenvalue weighted by atomic mass is 10.0. The van der Waals surface area contributed by atoms with Crippen LogP contribution in [0.5, 0.6) is 0 Å². The standard InChI is InChI=1S/C28H28N4O2/c1-18(2)24-15-23(26-19(3)31-34-28(26)30-24)27(33)29-14-13-21-17-32(16-20-9-5-4-6-10-20)25-12-8-7-11-22(21)25/h4-12,15,17-18H,13-14,16H2,1-3H3,(H,29,33). The van der Waals surface area contributed by atoms with Gasteiger partial charge in [0.1, 0.15) is 0 Å². The minimum atomic E-state index is -0.131. The number of carbonyl (C=O) groups is 1. The van der Waals surface area contributed by atoms with Crippen LogP contribution in [0.2, 0.25) is 0 Å². The van der Waals surface area contributed by atoms with E-state index in [-0.39, 0.29) is 11.8 Å². The number of hydrogen-bond donors (Lipinski definition) is 1. The molecule has 0 aliphatic rings. The van der Waals surface area contributed by atoms with Crippen molar-refractivity contribution in [1.29, 1.82) is 0 Å². The summed E-state index contributed by atoms with van der Waals surface area (Å²) in [6.07, 6.45) is 2.94. The van der Waals surface area contributed by atoms with Crippen molar-refractivity contribution in [1.82, 2.24) is 20.0 Å². The monoisotopic (exact) mass is 452 g/mol. The number of pyridine rings is 1. The van der Waals surface area contributed by atoms with Crippen LogP contribution in [0, 0.1) is 6.92 Å². The second-order valence-corrected chi connectivity index (χ2v) is 8.99. The van der Waals surface area contributed by atoms with Gasteiger partial charge >= 0.3 is 0 Å². The van der Waals surface area contributed by atoms with Crippen molar-refractivity contribution in [2.75, 3.05) is 6.54 Å². The number of fused-ring (bicyclic) bond motifs is 2. The molecule has 0 fully saturated rings. The quantitative estimate of drug-likeness (QED) is 0.347. The molecule has 0 aliphatic heterocycles. The average Bonchev–Trinajstić information content (AvgIpc) is 3.39. The van der Waals surface area contributed by atoms with Crippen LogP contribution in [0.4, 0.5) is 0 Å². The maximum atomic E-state index is 13.2. The predicted molar refractivity (Wildman–Crippen MR) is 134 cm³/mol. The molecule has 0 bridgehead atoms. The molecule has 34 heavy (non-hydrogen) atoms. The highest BCUT2D eigenvalue weighted by atomic mass is 16.5. The Morgan fingerprint density at radius 2 is 1.85 bits per heavy atom. The fourth-order valence-corrected chi connectivity index (χ4v) is 4.43. The molecular formula is C28H28N4O2. The van der Waals surface area contributed by atoms with E-state index in [0.29, 0.717) is 28.9 Å². The lowest BCUT2D eigenvalue weighted by molar-refractivity contribution is 0.0955. The number of carbonyl (C=O) groups excluding carboxylic acids is 1. The van der Waals surface area contributed by atoms with Gasteiger partial charge in [0.15, 0.2) is 0 Å². The molecule has 6 nitrogen and oxygen atoms in total. The molecule has 1 N–H and O–H groups in total. The first-order valence-corrected chi connectivity index (χ1v) is 11.7. The third kappa shape index (κ3) is 4.19. The predicted octanol–water partition coefficient (Wildman–Crippen LogP) is 5.63. The van der Waals surface area contributed by atoms with Crippen molar-refractivity contribution < 1.29 is 9.32 Å². The number of rotatable bonds is 7. The number of amides is 1. The van der Waals surface area contributed by atoms with Crippen LogP contribution in [-0.2, 0) is 13.0 Å². The van der Waals surface area contributed by atoms with Crippen molar-refractivity contribution in [3.05, 3.63) is 94.9 Å². The summed E-state index contributed by atoms with van der Waals surface area (Å²) in [5.74, 6) is 0.0470. The highest BCUT2D eigenvalue weighted by Crippen LogP contribution is 2.26. The smallest absolute Gasteiger partial charge is 0.259 e. The van der Waals surface area contributed by atoms with Gasteiger partial charge in [-0.15, -0.1) is 0 Å². The SMILES string of the molecule is Cc1noc2nc(C(C)C)cc(C(=O)NCCc3cn(Cc4ccccc4)c4ccccc34)c12. The molecule has 0 saturated carbocycles. The van der Waals surface area contributed by atoms with Gasteiger partial charge in [-0.3, -0.25) is 4.79 Å². The Kier molecular flexibility index (Phi) is 5.88. The van der Waals surface area contributed by atoms with Gasteiger partial charge in [0.2, 0.25) is 0 Å². The Labute approximate surface area is 198 Å². The molecule has 3 heterocycles. The number of aryl methyl sites for hydroxylation is 1. The molecule has 5 aromatic rings. The Bertz CT molecular complexity index is 1460. The third-order valence-corrected chi connectivity index (χ3v) is 6.22. The summed E-state index contributed by atoms with van der Waals surface area (Å²) < 4.78 is 7.64. The summed E-state index contributed by atoms with van der Waals surface area (Å²) in [6.45, 7) is 7.27. The first kappa shape index (κ1) is 21.9. The topological polar surface area (TPSA) is 72.9 Å². The lowest BCUT2D eigenvalue weighted by Crippen LogP contribution is -2.26. The maximum absolute atomic E-state index is 13.2. The number of benzene rings is 2. The zero-order valence-electron chi connectivity index (χ0n) is 19.7. The molecule has 0 aliphatic carbocycles.